The van der Waals surface area contributed by atoms with E-state index >= 15 is 0 Å². The molecule has 27 atom stereocenters. The Bertz CT molecular complexity index is 1560. The minimum absolute atomic E-state index is 0.00000712. The first-order valence-corrected chi connectivity index (χ1v) is 23.9. The highest BCUT2D eigenvalue weighted by Crippen LogP contribution is 2.71. The molecule has 12 N–H and O–H groups in total. The molecule has 0 aromatic carbocycles. The van der Waals surface area contributed by atoms with Crippen molar-refractivity contribution in [3.63, 3.8) is 0 Å². The van der Waals surface area contributed by atoms with E-state index in [1.54, 1.807) is 0 Å². The van der Waals surface area contributed by atoms with Crippen LogP contribution in [-0.2, 0) is 33.2 Å². The van der Waals surface area contributed by atoms with Crippen molar-refractivity contribution in [1.29, 1.82) is 0 Å². The Morgan fingerprint density at radius 1 is 0.625 bits per heavy atom. The van der Waals surface area contributed by atoms with E-state index in [9.17, 15) is 61.3 Å². The fourth-order valence-electron chi connectivity index (χ4n) is 14.2. The number of aliphatic hydroxyl groups excluding tert-OH is 11. The molecule has 4 saturated heterocycles. The molecule has 0 amide bonds. The monoisotopic (exact) mass is 920 g/mol. The molecule has 0 spiro atoms. The highest BCUT2D eigenvalue weighted by atomic mass is 16.8. The summed E-state index contributed by atoms with van der Waals surface area (Å²) in [5, 5.41) is 125. The molecule has 4 aliphatic carbocycles. The van der Waals surface area contributed by atoms with Gasteiger partial charge in [-0.25, -0.2) is 0 Å². The minimum atomic E-state index is -1.75. The van der Waals surface area contributed by atoms with Crippen LogP contribution in [0.3, 0.4) is 0 Å². The van der Waals surface area contributed by atoms with Gasteiger partial charge in [-0.05, 0) is 104 Å². The molecular weight excluding hydrogens is 844 g/mol. The predicted octanol–water partition coefficient (Wildman–Crippen LogP) is -1.78. The lowest BCUT2D eigenvalue weighted by atomic mass is 9.44. The second kappa shape index (κ2) is 19.2. The van der Waals surface area contributed by atoms with Gasteiger partial charge in [0, 0.05) is 12.3 Å². The van der Waals surface area contributed by atoms with Crippen LogP contribution in [0.2, 0.25) is 0 Å². The molecule has 4 heterocycles. The lowest BCUT2D eigenvalue weighted by molar-refractivity contribution is -0.373. The Labute approximate surface area is 374 Å². The van der Waals surface area contributed by atoms with Gasteiger partial charge < -0.3 is 94.4 Å². The topological polar surface area (TPSA) is 307 Å². The summed E-state index contributed by atoms with van der Waals surface area (Å²) in [4.78, 5) is 0. The summed E-state index contributed by atoms with van der Waals surface area (Å²) in [6, 6.07) is 0. The molecule has 0 radical (unpaired) electrons. The summed E-state index contributed by atoms with van der Waals surface area (Å²) in [6.45, 7) is 7.28. The molecule has 3 unspecified atom stereocenters. The molecule has 4 aliphatic heterocycles. The van der Waals surface area contributed by atoms with E-state index in [1.165, 1.54) is 0 Å². The van der Waals surface area contributed by atoms with Crippen LogP contribution in [-0.4, -0.2) is 198 Å². The first-order chi connectivity index (χ1) is 30.3. The van der Waals surface area contributed by atoms with Crippen molar-refractivity contribution in [1.82, 2.24) is 0 Å². The zero-order valence-corrected chi connectivity index (χ0v) is 37.5. The van der Waals surface area contributed by atoms with Gasteiger partial charge in [0.15, 0.2) is 24.7 Å². The van der Waals surface area contributed by atoms with Crippen LogP contribution in [0.5, 0.6) is 0 Å². The maximum absolute atomic E-state index is 12.1. The summed E-state index contributed by atoms with van der Waals surface area (Å²) in [5.41, 5.74) is 0.0475. The van der Waals surface area contributed by atoms with E-state index in [0.29, 0.717) is 42.9 Å². The van der Waals surface area contributed by atoms with Gasteiger partial charge in [-0.3, -0.25) is 0 Å². The summed E-state index contributed by atoms with van der Waals surface area (Å²) in [6.07, 6.45) is -13.7. The molecule has 0 bridgehead atoms. The molecule has 370 valence electrons. The molecule has 64 heavy (non-hydrogen) atoms. The molecular formula is C45H76O19. The number of ether oxygens (including phenoxy) is 7. The molecule has 19 nitrogen and oxygen atoms in total. The molecule has 0 aromatic heterocycles. The number of hydrogen-bond donors (Lipinski definition) is 12. The van der Waals surface area contributed by atoms with Crippen LogP contribution >= 0.6 is 0 Å². The standard InChI is InChI=1S/C45H76O19/c1-19(18-58-40-37(55)34(52)31(49)27(15-46)60-40)7-12-45(57)20(2)30-26(64-45)14-25-23-6-5-21-13-22(8-10-43(21,3)24(23)9-11-44(25,30)4)59-42-39(36(54)33(51)29(17-48)62-42)63-41-38(56)35(53)32(50)28(16-47)61-41/h19-42,46-57H,5-18H2,1-4H3/t19?,20-,21+,22-,23+,24-,25-,26-,27+,28+,29+,30?,31+,32+,33+,34-,35-,36-,37+,38+,39+,40+,41-,42+,43-,44-,45?/m0/s1. The second-order valence-corrected chi connectivity index (χ2v) is 21.5. The average Bonchev–Trinajstić information content (AvgIpc) is 3.71. The number of fused-ring (bicyclic) bond motifs is 7. The SMILES string of the molecule is CC(CCC1(O)O[C@H]2C[C@H]3[C@@H]4CC[C@@H]5C[C@@H](O[C@@H]6O[C@H](CO)[C@@H](O)[C@H](O)[C@H]6O[C@@H]6O[C@H](CO)[C@@H](O)[C@H](O)[C@H]6O)CC[C@]5(C)[C@H]4CC[C@]3(C)C2[C@@H]1C)CO[C@@H]1O[C@H](CO)[C@@H](O)[C@H](O)[C@H]1O. The highest BCUT2D eigenvalue weighted by molar-refractivity contribution is 5.15. The van der Waals surface area contributed by atoms with Crippen molar-refractivity contribution in [2.45, 2.75) is 202 Å². The zero-order chi connectivity index (χ0) is 46.2. The summed E-state index contributed by atoms with van der Waals surface area (Å²) >= 11 is 0. The van der Waals surface area contributed by atoms with Gasteiger partial charge in [-0.2, -0.15) is 0 Å². The van der Waals surface area contributed by atoms with Gasteiger partial charge in [0.05, 0.1) is 38.6 Å². The third-order valence-electron chi connectivity index (χ3n) is 18.0. The number of rotatable bonds is 13. The Morgan fingerprint density at radius 2 is 1.20 bits per heavy atom. The molecule has 8 fully saturated rings. The third-order valence-corrected chi connectivity index (χ3v) is 18.0. The van der Waals surface area contributed by atoms with Crippen molar-refractivity contribution < 1.29 is 94.4 Å². The van der Waals surface area contributed by atoms with Crippen LogP contribution in [0.15, 0.2) is 0 Å². The Kier molecular flexibility index (Phi) is 14.9. The number of hydrogen-bond acceptors (Lipinski definition) is 19. The van der Waals surface area contributed by atoms with E-state index in [4.69, 9.17) is 33.2 Å². The lowest BCUT2D eigenvalue weighted by Crippen LogP contribution is -2.65. The summed E-state index contributed by atoms with van der Waals surface area (Å²) in [7, 11) is 0. The van der Waals surface area contributed by atoms with Gasteiger partial charge >= 0.3 is 0 Å². The van der Waals surface area contributed by atoms with Crippen molar-refractivity contribution in [2.24, 2.45) is 52.3 Å². The summed E-state index contributed by atoms with van der Waals surface area (Å²) < 4.78 is 42.0. The van der Waals surface area contributed by atoms with Gasteiger partial charge in [0.1, 0.15) is 73.2 Å². The molecule has 8 rings (SSSR count). The van der Waals surface area contributed by atoms with Crippen LogP contribution in [0.1, 0.15) is 91.9 Å². The van der Waals surface area contributed by atoms with Gasteiger partial charge in [0.25, 0.3) is 0 Å². The van der Waals surface area contributed by atoms with Crippen LogP contribution < -0.4 is 0 Å². The fourth-order valence-corrected chi connectivity index (χ4v) is 14.2. The normalized spacial score (nSPS) is 55.6. The Hall–Kier alpha value is -0.760. The molecule has 4 saturated carbocycles. The van der Waals surface area contributed by atoms with Crippen molar-refractivity contribution in [2.75, 3.05) is 26.4 Å². The maximum Gasteiger partial charge on any atom is 0.187 e. The van der Waals surface area contributed by atoms with E-state index < -0.39 is 118 Å². The van der Waals surface area contributed by atoms with E-state index in [0.717, 1.165) is 44.9 Å². The second-order valence-electron chi connectivity index (χ2n) is 21.5. The van der Waals surface area contributed by atoms with Crippen LogP contribution in [0.25, 0.3) is 0 Å². The van der Waals surface area contributed by atoms with Gasteiger partial charge in [-0.15, -0.1) is 0 Å². The predicted molar refractivity (Wildman–Crippen MR) is 219 cm³/mol. The first kappa shape index (κ1) is 49.7. The fraction of sp³-hybridized carbons (Fsp3) is 1.00. The zero-order valence-electron chi connectivity index (χ0n) is 37.5. The van der Waals surface area contributed by atoms with E-state index in [2.05, 4.69) is 20.8 Å². The molecule has 0 aromatic rings. The Morgan fingerprint density at radius 3 is 1.84 bits per heavy atom. The smallest absolute Gasteiger partial charge is 0.187 e. The summed E-state index contributed by atoms with van der Waals surface area (Å²) in [5.74, 6) is 0.532. The lowest BCUT2D eigenvalue weighted by Gasteiger charge is -2.61. The number of aliphatic hydroxyl groups is 12. The minimum Gasteiger partial charge on any atom is -0.394 e. The van der Waals surface area contributed by atoms with Crippen LogP contribution in [0.4, 0.5) is 0 Å². The molecule has 19 heteroatoms. The van der Waals surface area contributed by atoms with Gasteiger partial charge in [-0.1, -0.05) is 27.7 Å². The largest absolute Gasteiger partial charge is 0.394 e. The van der Waals surface area contributed by atoms with Crippen LogP contribution in [0, 0.1) is 52.3 Å². The maximum atomic E-state index is 12.1. The van der Waals surface area contributed by atoms with E-state index in [-0.39, 0.29) is 47.4 Å². The van der Waals surface area contributed by atoms with Crippen molar-refractivity contribution in [3.8, 4) is 0 Å². The van der Waals surface area contributed by atoms with Crippen molar-refractivity contribution >= 4 is 0 Å². The average molecular weight is 921 g/mol. The highest BCUT2D eigenvalue weighted by Gasteiger charge is 2.68. The Balaban J connectivity index is 0.869. The van der Waals surface area contributed by atoms with E-state index in [1.807, 2.05) is 6.92 Å². The quantitative estimate of drug-likeness (QED) is 0.0909. The molecule has 8 aliphatic rings. The first-order valence-electron chi connectivity index (χ1n) is 23.9. The van der Waals surface area contributed by atoms with Gasteiger partial charge in [0.2, 0.25) is 0 Å². The third kappa shape index (κ3) is 8.65. The van der Waals surface area contributed by atoms with Crippen molar-refractivity contribution in [3.05, 3.63) is 0 Å².